The summed E-state index contributed by atoms with van der Waals surface area (Å²) in [7, 11) is 2.00. The molecule has 1 saturated carbocycles. The van der Waals surface area contributed by atoms with Crippen LogP contribution in [0.1, 0.15) is 39.0 Å². The highest BCUT2D eigenvalue weighted by molar-refractivity contribution is 5.76. The van der Waals surface area contributed by atoms with Crippen molar-refractivity contribution in [1.82, 2.24) is 10.2 Å². The van der Waals surface area contributed by atoms with E-state index in [0.717, 1.165) is 51.8 Å². The molecule has 4 heteroatoms. The zero-order chi connectivity index (χ0) is 13.0. The smallest absolute Gasteiger partial charge is 0.222 e. The van der Waals surface area contributed by atoms with Gasteiger partial charge in [0.25, 0.3) is 0 Å². The third kappa shape index (κ3) is 3.45. The third-order valence-electron chi connectivity index (χ3n) is 4.31. The first-order valence-corrected chi connectivity index (χ1v) is 7.29. The Morgan fingerprint density at radius 3 is 2.56 bits per heavy atom. The molecule has 0 spiro atoms. The van der Waals surface area contributed by atoms with Crippen molar-refractivity contribution < 1.29 is 9.53 Å². The second-order valence-corrected chi connectivity index (χ2v) is 5.56. The Bertz CT molecular complexity index is 269. The van der Waals surface area contributed by atoms with E-state index in [0.29, 0.717) is 24.0 Å². The lowest BCUT2D eigenvalue weighted by atomic mass is 9.79. The van der Waals surface area contributed by atoms with Crippen molar-refractivity contribution in [3.8, 4) is 0 Å². The first-order valence-electron chi connectivity index (χ1n) is 7.29. The number of carbonyl (C=O) groups excluding carboxylic acids is 1. The van der Waals surface area contributed by atoms with Gasteiger partial charge in [0, 0.05) is 32.2 Å². The van der Waals surface area contributed by atoms with Gasteiger partial charge in [-0.3, -0.25) is 4.79 Å². The van der Waals surface area contributed by atoms with E-state index in [2.05, 4.69) is 5.32 Å². The van der Waals surface area contributed by atoms with Crippen LogP contribution >= 0.6 is 0 Å². The van der Waals surface area contributed by atoms with E-state index in [9.17, 15) is 4.79 Å². The molecule has 0 radical (unpaired) electrons. The maximum Gasteiger partial charge on any atom is 0.222 e. The first kappa shape index (κ1) is 13.8. The van der Waals surface area contributed by atoms with Crippen LogP contribution in [0.15, 0.2) is 0 Å². The third-order valence-corrected chi connectivity index (χ3v) is 4.31. The van der Waals surface area contributed by atoms with Gasteiger partial charge < -0.3 is 15.0 Å². The average molecular weight is 254 g/mol. The van der Waals surface area contributed by atoms with Crippen molar-refractivity contribution in [3.63, 3.8) is 0 Å². The molecule has 1 saturated heterocycles. The van der Waals surface area contributed by atoms with Crippen molar-refractivity contribution in [2.24, 2.45) is 5.92 Å². The molecular formula is C14H26N2O2. The lowest BCUT2D eigenvalue weighted by Gasteiger charge is -2.37. The van der Waals surface area contributed by atoms with Gasteiger partial charge in [0.15, 0.2) is 0 Å². The molecule has 1 heterocycles. The van der Waals surface area contributed by atoms with Crippen molar-refractivity contribution in [2.45, 2.75) is 51.2 Å². The fraction of sp³-hybridized carbons (Fsp3) is 0.929. The lowest BCUT2D eigenvalue weighted by molar-refractivity contribution is -0.135. The molecule has 0 aromatic heterocycles. The molecule has 2 aliphatic rings. The second kappa shape index (κ2) is 6.53. The van der Waals surface area contributed by atoms with Gasteiger partial charge in [-0.2, -0.15) is 0 Å². The van der Waals surface area contributed by atoms with Gasteiger partial charge in [0.1, 0.15) is 0 Å². The summed E-state index contributed by atoms with van der Waals surface area (Å²) in [5.41, 5.74) is 0. The predicted molar refractivity (Wildman–Crippen MR) is 71.4 cm³/mol. The van der Waals surface area contributed by atoms with E-state index < -0.39 is 0 Å². The lowest BCUT2D eigenvalue weighted by Crippen LogP contribution is -2.45. The molecule has 1 amide bonds. The fourth-order valence-electron chi connectivity index (χ4n) is 3.01. The Kier molecular flexibility index (Phi) is 5.01. The quantitative estimate of drug-likeness (QED) is 0.806. The molecule has 1 N–H and O–H groups in total. The van der Waals surface area contributed by atoms with E-state index in [1.807, 2.05) is 18.9 Å². The second-order valence-electron chi connectivity index (χ2n) is 5.56. The molecule has 4 nitrogen and oxygen atoms in total. The molecule has 2 fully saturated rings. The number of amides is 1. The van der Waals surface area contributed by atoms with Crippen LogP contribution in [-0.4, -0.2) is 49.7 Å². The Morgan fingerprint density at radius 2 is 2.00 bits per heavy atom. The standard InChI is InChI=1S/C14H26N2O2/c1-3-18-13-8-11(9-13)10-14(17)16-6-4-12(15-2)5-7-16/h11-13,15H,3-10H2,1-2H3. The minimum Gasteiger partial charge on any atom is -0.378 e. The molecule has 1 aliphatic carbocycles. The SMILES string of the molecule is CCOC1CC(CC(=O)N2CCC(NC)CC2)C1. The summed E-state index contributed by atoms with van der Waals surface area (Å²) < 4.78 is 5.53. The first-order chi connectivity index (χ1) is 8.72. The van der Waals surface area contributed by atoms with E-state index in [1.54, 1.807) is 0 Å². The Morgan fingerprint density at radius 1 is 1.33 bits per heavy atom. The molecule has 0 aromatic carbocycles. The molecule has 0 aromatic rings. The highest BCUT2D eigenvalue weighted by Crippen LogP contribution is 2.33. The summed E-state index contributed by atoms with van der Waals surface area (Å²) >= 11 is 0. The normalized spacial score (nSPS) is 29.1. The summed E-state index contributed by atoms with van der Waals surface area (Å²) in [6, 6.07) is 0.597. The highest BCUT2D eigenvalue weighted by Gasteiger charge is 2.32. The van der Waals surface area contributed by atoms with Crippen LogP contribution < -0.4 is 5.32 Å². The Labute approximate surface area is 110 Å². The minimum atomic E-state index is 0.351. The zero-order valence-corrected chi connectivity index (χ0v) is 11.7. The zero-order valence-electron chi connectivity index (χ0n) is 11.7. The monoisotopic (exact) mass is 254 g/mol. The Balaban J connectivity index is 1.64. The molecule has 104 valence electrons. The number of hydrogen-bond donors (Lipinski definition) is 1. The highest BCUT2D eigenvalue weighted by atomic mass is 16.5. The number of ether oxygens (including phenoxy) is 1. The van der Waals surface area contributed by atoms with Gasteiger partial charge in [0.05, 0.1) is 6.10 Å². The van der Waals surface area contributed by atoms with Crippen molar-refractivity contribution in [1.29, 1.82) is 0 Å². The largest absolute Gasteiger partial charge is 0.378 e. The van der Waals surface area contributed by atoms with Gasteiger partial charge in [0.2, 0.25) is 5.91 Å². The number of rotatable bonds is 5. The summed E-state index contributed by atoms with van der Waals surface area (Å²) in [6.45, 7) is 4.67. The average Bonchev–Trinajstić information content (AvgIpc) is 2.36. The molecule has 0 atom stereocenters. The van der Waals surface area contributed by atoms with Crippen LogP contribution in [0.2, 0.25) is 0 Å². The van der Waals surface area contributed by atoms with E-state index in [1.165, 1.54) is 0 Å². The fourth-order valence-corrected chi connectivity index (χ4v) is 3.01. The maximum atomic E-state index is 12.1. The van der Waals surface area contributed by atoms with Crippen molar-refractivity contribution in [2.75, 3.05) is 26.7 Å². The van der Waals surface area contributed by atoms with Crippen LogP contribution in [0.5, 0.6) is 0 Å². The van der Waals surface area contributed by atoms with Crippen molar-refractivity contribution in [3.05, 3.63) is 0 Å². The molecule has 0 bridgehead atoms. The number of nitrogens with zero attached hydrogens (tertiary/aromatic N) is 1. The maximum absolute atomic E-state index is 12.1. The number of hydrogen-bond acceptors (Lipinski definition) is 3. The van der Waals surface area contributed by atoms with Gasteiger partial charge >= 0.3 is 0 Å². The van der Waals surface area contributed by atoms with Gasteiger partial charge in [-0.05, 0) is 45.6 Å². The molecule has 0 unspecified atom stereocenters. The number of piperidine rings is 1. The number of likely N-dealkylation sites (tertiary alicyclic amines) is 1. The minimum absolute atomic E-state index is 0.351. The summed E-state index contributed by atoms with van der Waals surface area (Å²) in [6.07, 6.45) is 5.48. The van der Waals surface area contributed by atoms with Crippen molar-refractivity contribution >= 4 is 5.91 Å². The summed E-state index contributed by atoms with van der Waals surface area (Å²) in [4.78, 5) is 14.2. The molecular weight excluding hydrogens is 228 g/mol. The van der Waals surface area contributed by atoms with E-state index >= 15 is 0 Å². The number of nitrogens with one attached hydrogen (secondary N) is 1. The molecule has 1 aliphatic heterocycles. The van der Waals surface area contributed by atoms with Gasteiger partial charge in [-0.1, -0.05) is 0 Å². The van der Waals surface area contributed by atoms with E-state index in [4.69, 9.17) is 4.74 Å². The number of carbonyl (C=O) groups is 1. The summed E-state index contributed by atoms with van der Waals surface area (Å²) in [5, 5.41) is 3.29. The van der Waals surface area contributed by atoms with Crippen LogP contribution in [0.4, 0.5) is 0 Å². The Hall–Kier alpha value is -0.610. The van der Waals surface area contributed by atoms with Gasteiger partial charge in [-0.25, -0.2) is 0 Å². The van der Waals surface area contributed by atoms with E-state index in [-0.39, 0.29) is 0 Å². The van der Waals surface area contributed by atoms with Gasteiger partial charge in [-0.15, -0.1) is 0 Å². The summed E-state index contributed by atoms with van der Waals surface area (Å²) in [5.74, 6) is 0.917. The molecule has 2 rings (SSSR count). The van der Waals surface area contributed by atoms with Crippen LogP contribution in [0.25, 0.3) is 0 Å². The van der Waals surface area contributed by atoms with Crippen LogP contribution in [0.3, 0.4) is 0 Å². The topological polar surface area (TPSA) is 41.6 Å². The predicted octanol–water partition coefficient (Wildman–Crippen LogP) is 1.40. The van der Waals surface area contributed by atoms with Crippen LogP contribution in [-0.2, 0) is 9.53 Å². The molecule has 18 heavy (non-hydrogen) atoms. The van der Waals surface area contributed by atoms with Crippen LogP contribution in [0, 0.1) is 5.92 Å².